The second-order valence-corrected chi connectivity index (χ2v) is 5.60. The average molecular weight is 246 g/mol. The van der Waals surface area contributed by atoms with Gasteiger partial charge in [0.15, 0.2) is 5.60 Å². The van der Waals surface area contributed by atoms with E-state index >= 15 is 0 Å². The van der Waals surface area contributed by atoms with Gasteiger partial charge in [-0.15, -0.1) is 0 Å². The zero-order valence-corrected chi connectivity index (χ0v) is 11.1. The number of carbonyl (C=O) groups excluding carboxylic acids is 1. The number of aromatic nitrogens is 1. The number of ether oxygens (including phenoxy) is 1. The Morgan fingerprint density at radius 3 is 3.06 bits per heavy atom. The predicted octanol–water partition coefficient (Wildman–Crippen LogP) is 1.73. The van der Waals surface area contributed by atoms with Gasteiger partial charge in [-0.2, -0.15) is 0 Å². The van der Waals surface area contributed by atoms with Crippen LogP contribution in [0.1, 0.15) is 35.0 Å². The number of rotatable bonds is 0. The van der Waals surface area contributed by atoms with Crippen molar-refractivity contribution in [3.8, 4) is 0 Å². The lowest BCUT2D eigenvalue weighted by Gasteiger charge is -2.41. The van der Waals surface area contributed by atoms with E-state index in [1.807, 2.05) is 19.2 Å². The fourth-order valence-corrected chi connectivity index (χ4v) is 3.14. The molecular weight excluding hydrogens is 228 g/mol. The standard InChI is InChI=1S/C14H18N2O2/c1-9-6-11-12(15-7-9)14(18-13(11)17)4-5-16(3)8-10(14)2/h6-7,10H,4-5,8H2,1-3H3. The van der Waals surface area contributed by atoms with Crippen LogP contribution < -0.4 is 0 Å². The Morgan fingerprint density at radius 2 is 2.33 bits per heavy atom. The van der Waals surface area contributed by atoms with Crippen LogP contribution in [0.15, 0.2) is 12.3 Å². The number of hydrogen-bond donors (Lipinski definition) is 0. The zero-order chi connectivity index (χ0) is 12.9. The molecule has 1 spiro atoms. The van der Waals surface area contributed by atoms with Gasteiger partial charge < -0.3 is 9.64 Å². The van der Waals surface area contributed by atoms with Crippen LogP contribution in [0.4, 0.5) is 0 Å². The Kier molecular flexibility index (Phi) is 2.45. The van der Waals surface area contributed by atoms with E-state index in [0.29, 0.717) is 5.56 Å². The second-order valence-electron chi connectivity index (χ2n) is 5.60. The molecule has 1 fully saturated rings. The van der Waals surface area contributed by atoms with Crippen LogP contribution in [0.5, 0.6) is 0 Å². The Hall–Kier alpha value is -1.42. The Labute approximate surface area is 107 Å². The van der Waals surface area contributed by atoms with Crippen molar-refractivity contribution in [2.24, 2.45) is 5.92 Å². The number of pyridine rings is 1. The molecule has 0 aliphatic carbocycles. The first-order valence-corrected chi connectivity index (χ1v) is 6.42. The van der Waals surface area contributed by atoms with Crippen molar-refractivity contribution in [3.05, 3.63) is 29.1 Å². The van der Waals surface area contributed by atoms with Crippen molar-refractivity contribution in [1.82, 2.24) is 9.88 Å². The van der Waals surface area contributed by atoms with Crippen LogP contribution in [0.2, 0.25) is 0 Å². The van der Waals surface area contributed by atoms with E-state index in [1.165, 1.54) is 0 Å². The maximum absolute atomic E-state index is 12.0. The maximum Gasteiger partial charge on any atom is 0.341 e. The lowest BCUT2D eigenvalue weighted by molar-refractivity contribution is -0.0752. The van der Waals surface area contributed by atoms with E-state index < -0.39 is 5.60 Å². The normalized spacial score (nSPS) is 31.5. The summed E-state index contributed by atoms with van der Waals surface area (Å²) in [4.78, 5) is 18.8. The minimum atomic E-state index is -0.493. The molecule has 2 atom stereocenters. The molecule has 2 aliphatic heterocycles. The van der Waals surface area contributed by atoms with Gasteiger partial charge in [0.05, 0.1) is 11.3 Å². The number of carbonyl (C=O) groups is 1. The topological polar surface area (TPSA) is 42.4 Å². The maximum atomic E-state index is 12.0. The van der Waals surface area contributed by atoms with Gasteiger partial charge in [0.2, 0.25) is 0 Å². The Balaban J connectivity index is 2.09. The van der Waals surface area contributed by atoms with Gasteiger partial charge in [0, 0.05) is 31.6 Å². The molecule has 0 radical (unpaired) electrons. The molecule has 2 unspecified atom stereocenters. The van der Waals surface area contributed by atoms with Crippen LogP contribution in [0.3, 0.4) is 0 Å². The minimum Gasteiger partial charge on any atom is -0.448 e. The summed E-state index contributed by atoms with van der Waals surface area (Å²) in [6.45, 7) is 5.96. The van der Waals surface area contributed by atoms with Gasteiger partial charge in [-0.1, -0.05) is 6.92 Å². The molecule has 4 heteroatoms. The molecule has 3 heterocycles. The lowest BCUT2D eigenvalue weighted by Crippen LogP contribution is -2.48. The Morgan fingerprint density at radius 1 is 1.56 bits per heavy atom. The summed E-state index contributed by atoms with van der Waals surface area (Å²) in [6.07, 6.45) is 2.66. The van der Waals surface area contributed by atoms with E-state index in [4.69, 9.17) is 4.74 Å². The fourth-order valence-electron chi connectivity index (χ4n) is 3.14. The first-order valence-electron chi connectivity index (χ1n) is 6.42. The van der Waals surface area contributed by atoms with Gasteiger partial charge in [0.1, 0.15) is 0 Å². The van der Waals surface area contributed by atoms with Crippen molar-refractivity contribution in [3.63, 3.8) is 0 Å². The summed E-state index contributed by atoms with van der Waals surface area (Å²) < 4.78 is 5.75. The van der Waals surface area contributed by atoms with Gasteiger partial charge >= 0.3 is 5.97 Å². The predicted molar refractivity (Wildman–Crippen MR) is 67.3 cm³/mol. The van der Waals surface area contributed by atoms with Gasteiger partial charge in [-0.3, -0.25) is 4.98 Å². The second kappa shape index (κ2) is 3.79. The molecule has 0 N–H and O–H groups in total. The van der Waals surface area contributed by atoms with Crippen molar-refractivity contribution in [2.75, 3.05) is 20.1 Å². The molecule has 1 aromatic heterocycles. The van der Waals surface area contributed by atoms with Crippen LogP contribution in [0, 0.1) is 12.8 Å². The van der Waals surface area contributed by atoms with E-state index in [2.05, 4.69) is 23.9 Å². The van der Waals surface area contributed by atoms with Crippen molar-refractivity contribution in [1.29, 1.82) is 0 Å². The minimum absolute atomic E-state index is 0.211. The molecule has 0 bridgehead atoms. The van der Waals surface area contributed by atoms with Crippen molar-refractivity contribution >= 4 is 5.97 Å². The average Bonchev–Trinajstić information content (AvgIpc) is 2.59. The molecular formula is C14H18N2O2. The number of piperidine rings is 1. The van der Waals surface area contributed by atoms with E-state index in [0.717, 1.165) is 30.8 Å². The third kappa shape index (κ3) is 1.48. The molecule has 3 rings (SSSR count). The van der Waals surface area contributed by atoms with Crippen LogP contribution in [-0.2, 0) is 10.3 Å². The van der Waals surface area contributed by atoms with Gasteiger partial charge in [-0.05, 0) is 25.6 Å². The highest BCUT2D eigenvalue weighted by Gasteiger charge is 2.52. The molecule has 96 valence electrons. The highest BCUT2D eigenvalue weighted by Crippen LogP contribution is 2.45. The number of aryl methyl sites for hydroxylation is 1. The SMILES string of the molecule is Cc1cnc2c(c1)C(=O)OC21CCN(C)CC1C. The molecule has 18 heavy (non-hydrogen) atoms. The highest BCUT2D eigenvalue weighted by atomic mass is 16.6. The summed E-state index contributed by atoms with van der Waals surface area (Å²) in [7, 11) is 2.10. The van der Waals surface area contributed by atoms with Crippen LogP contribution in [0.25, 0.3) is 0 Å². The van der Waals surface area contributed by atoms with Crippen LogP contribution in [-0.4, -0.2) is 36.0 Å². The van der Waals surface area contributed by atoms with Gasteiger partial charge in [0.25, 0.3) is 0 Å². The number of likely N-dealkylation sites (tertiary alicyclic amines) is 1. The fraction of sp³-hybridized carbons (Fsp3) is 0.571. The van der Waals surface area contributed by atoms with Crippen LogP contribution >= 0.6 is 0 Å². The summed E-state index contributed by atoms with van der Waals surface area (Å²) in [5.41, 5.74) is 2.01. The zero-order valence-electron chi connectivity index (χ0n) is 11.1. The van der Waals surface area contributed by atoms with Gasteiger partial charge in [-0.25, -0.2) is 4.79 Å². The molecule has 0 aromatic carbocycles. The first kappa shape index (κ1) is 11.7. The molecule has 0 saturated carbocycles. The summed E-state index contributed by atoms with van der Waals surface area (Å²) in [6, 6.07) is 1.89. The highest BCUT2D eigenvalue weighted by molar-refractivity contribution is 5.94. The largest absolute Gasteiger partial charge is 0.448 e. The van der Waals surface area contributed by atoms with E-state index in [-0.39, 0.29) is 11.9 Å². The van der Waals surface area contributed by atoms with Crippen molar-refractivity contribution in [2.45, 2.75) is 25.9 Å². The first-order chi connectivity index (χ1) is 8.53. The summed E-state index contributed by atoms with van der Waals surface area (Å²) >= 11 is 0. The summed E-state index contributed by atoms with van der Waals surface area (Å²) in [5, 5.41) is 0. The third-order valence-electron chi connectivity index (χ3n) is 4.17. The molecule has 0 amide bonds. The Bertz CT molecular complexity index is 515. The number of nitrogens with zero attached hydrogens (tertiary/aromatic N) is 2. The lowest BCUT2D eigenvalue weighted by atomic mass is 9.79. The monoisotopic (exact) mass is 246 g/mol. The van der Waals surface area contributed by atoms with Crippen molar-refractivity contribution < 1.29 is 9.53 Å². The molecule has 1 aromatic rings. The molecule has 4 nitrogen and oxygen atoms in total. The van der Waals surface area contributed by atoms with E-state index in [9.17, 15) is 4.79 Å². The molecule has 2 aliphatic rings. The number of fused-ring (bicyclic) bond motifs is 2. The smallest absolute Gasteiger partial charge is 0.341 e. The quantitative estimate of drug-likeness (QED) is 0.654. The number of hydrogen-bond acceptors (Lipinski definition) is 4. The third-order valence-corrected chi connectivity index (χ3v) is 4.17. The number of esters is 1. The molecule has 1 saturated heterocycles. The van der Waals surface area contributed by atoms with E-state index in [1.54, 1.807) is 0 Å². The summed E-state index contributed by atoms with van der Waals surface area (Å²) in [5.74, 6) is 0.0641.